The minimum atomic E-state index is -0.659. The first-order valence-corrected chi connectivity index (χ1v) is 16.2. The van der Waals surface area contributed by atoms with Crippen molar-refractivity contribution >= 4 is 40.3 Å². The molecular formula is C36H44ClN5O5. The summed E-state index contributed by atoms with van der Waals surface area (Å²) in [4.78, 5) is 41.4. The summed E-state index contributed by atoms with van der Waals surface area (Å²) >= 11 is 6.22. The molecule has 250 valence electrons. The second-order valence-corrected chi connectivity index (χ2v) is 13.4. The summed E-state index contributed by atoms with van der Waals surface area (Å²) in [5.41, 5.74) is 3.89. The fourth-order valence-corrected chi connectivity index (χ4v) is 6.08. The monoisotopic (exact) mass is 661 g/mol. The lowest BCUT2D eigenvalue weighted by atomic mass is 9.95. The summed E-state index contributed by atoms with van der Waals surface area (Å²) in [6.45, 7) is 11.8. The Labute approximate surface area is 281 Å². The van der Waals surface area contributed by atoms with Gasteiger partial charge in [-0.1, -0.05) is 29.8 Å². The normalized spacial score (nSPS) is 14.3. The van der Waals surface area contributed by atoms with Gasteiger partial charge in [-0.05, 0) is 76.1 Å². The van der Waals surface area contributed by atoms with Crippen molar-refractivity contribution in [1.82, 2.24) is 19.8 Å². The highest BCUT2D eigenvalue weighted by Crippen LogP contribution is 2.40. The molecule has 1 aliphatic rings. The van der Waals surface area contributed by atoms with Gasteiger partial charge in [0.15, 0.2) is 11.5 Å². The van der Waals surface area contributed by atoms with Gasteiger partial charge >= 0.3 is 6.09 Å². The lowest BCUT2D eigenvalue weighted by molar-refractivity contribution is -0.133. The first kappa shape index (κ1) is 33.9. The van der Waals surface area contributed by atoms with Gasteiger partial charge in [0.1, 0.15) is 11.2 Å². The molecule has 1 aliphatic heterocycles. The number of fused-ring (bicyclic) bond motifs is 1. The number of benzene rings is 2. The molecule has 10 nitrogen and oxygen atoms in total. The van der Waals surface area contributed by atoms with Crippen LogP contribution in [-0.2, 0) is 9.53 Å². The molecule has 4 aromatic rings. The molecule has 5 rings (SSSR count). The van der Waals surface area contributed by atoms with Crippen LogP contribution in [0.5, 0.6) is 11.5 Å². The van der Waals surface area contributed by atoms with E-state index in [9.17, 15) is 9.59 Å². The van der Waals surface area contributed by atoms with Crippen LogP contribution in [0.25, 0.3) is 22.2 Å². The van der Waals surface area contributed by atoms with E-state index in [1.807, 2.05) is 88.3 Å². The fraction of sp³-hybridized carbons (Fsp3) is 0.417. The topological polar surface area (TPSA) is 100 Å². The minimum absolute atomic E-state index is 0.0391. The lowest BCUT2D eigenvalue weighted by Gasteiger charge is -2.39. The Bertz CT molecular complexity index is 1710. The highest BCUT2D eigenvalue weighted by molar-refractivity contribution is 6.30. The largest absolute Gasteiger partial charge is 0.493 e. The highest BCUT2D eigenvalue weighted by atomic mass is 35.5. The third kappa shape index (κ3) is 7.59. The van der Waals surface area contributed by atoms with Crippen LogP contribution < -0.4 is 14.4 Å². The number of anilines is 1. The van der Waals surface area contributed by atoms with E-state index in [1.165, 1.54) is 0 Å². The number of aromatic nitrogens is 2. The van der Waals surface area contributed by atoms with E-state index in [1.54, 1.807) is 31.3 Å². The molecule has 0 bridgehead atoms. The summed E-state index contributed by atoms with van der Waals surface area (Å²) in [7, 11) is 3.24. The standard InChI is InChI=1S/C36H44ClN5O5/c1-23(2)42(35(44)47-36(3,4)5)22-29(24-8-11-26(37)12-9-24)34(43)41-18-16-40(17-19-41)32-27-14-15-38-33(27)39-21-28(32)25-10-13-30(45-6)31(20-25)46-7/h8-15,20-21,23,29H,16-19,22H2,1-7H3,(H,38,39)/t29-/m1/s1. The van der Waals surface area contributed by atoms with E-state index in [0.29, 0.717) is 42.7 Å². The minimum Gasteiger partial charge on any atom is -0.493 e. The van der Waals surface area contributed by atoms with Gasteiger partial charge in [0.25, 0.3) is 0 Å². The average Bonchev–Trinajstić information content (AvgIpc) is 3.53. The number of rotatable bonds is 9. The predicted molar refractivity (Wildman–Crippen MR) is 186 cm³/mol. The second kappa shape index (κ2) is 14.1. The number of hydrogen-bond donors (Lipinski definition) is 1. The van der Waals surface area contributed by atoms with Crippen molar-refractivity contribution in [2.75, 3.05) is 51.8 Å². The van der Waals surface area contributed by atoms with Crippen LogP contribution in [0.2, 0.25) is 5.02 Å². The van der Waals surface area contributed by atoms with Gasteiger partial charge in [0.2, 0.25) is 5.91 Å². The number of piperazine rings is 1. The lowest BCUT2D eigenvalue weighted by Crippen LogP contribution is -2.52. The van der Waals surface area contributed by atoms with E-state index < -0.39 is 17.6 Å². The number of nitrogens with zero attached hydrogens (tertiary/aromatic N) is 4. The number of pyridine rings is 1. The maximum Gasteiger partial charge on any atom is 0.410 e. The molecule has 2 amide bonds. The van der Waals surface area contributed by atoms with Gasteiger partial charge in [-0.2, -0.15) is 0 Å². The number of aromatic amines is 1. The Morgan fingerprint density at radius 3 is 2.28 bits per heavy atom. The smallest absolute Gasteiger partial charge is 0.410 e. The Hall–Kier alpha value is -4.44. The Balaban J connectivity index is 1.42. The number of carbonyl (C=O) groups is 2. The Kier molecular flexibility index (Phi) is 10.2. The van der Waals surface area contributed by atoms with Crippen LogP contribution >= 0.6 is 11.6 Å². The Morgan fingerprint density at radius 2 is 1.66 bits per heavy atom. The van der Waals surface area contributed by atoms with E-state index in [-0.39, 0.29) is 18.5 Å². The summed E-state index contributed by atoms with van der Waals surface area (Å²) in [6.07, 6.45) is 3.32. The van der Waals surface area contributed by atoms with Gasteiger partial charge in [0, 0.05) is 67.1 Å². The zero-order chi connectivity index (χ0) is 33.9. The van der Waals surface area contributed by atoms with Gasteiger partial charge in [0.05, 0.1) is 25.8 Å². The fourth-order valence-electron chi connectivity index (χ4n) is 5.95. The number of nitrogens with one attached hydrogen (secondary N) is 1. The van der Waals surface area contributed by atoms with E-state index in [4.69, 9.17) is 25.8 Å². The quantitative estimate of drug-likeness (QED) is 0.207. The summed E-state index contributed by atoms with van der Waals surface area (Å²) in [5.74, 6) is 0.658. The molecular weight excluding hydrogens is 618 g/mol. The number of methoxy groups -OCH3 is 2. The number of H-pyrrole nitrogens is 1. The number of hydrogen-bond acceptors (Lipinski definition) is 7. The summed E-state index contributed by atoms with van der Waals surface area (Å²) in [6, 6.07) is 15.0. The van der Waals surface area contributed by atoms with Crippen LogP contribution in [0.15, 0.2) is 60.9 Å². The van der Waals surface area contributed by atoms with Crippen molar-refractivity contribution in [3.63, 3.8) is 0 Å². The molecule has 1 fully saturated rings. The van der Waals surface area contributed by atoms with Crippen LogP contribution in [0.4, 0.5) is 10.5 Å². The van der Waals surface area contributed by atoms with Gasteiger partial charge in [-0.15, -0.1) is 0 Å². The summed E-state index contributed by atoms with van der Waals surface area (Å²) < 4.78 is 16.8. The molecule has 11 heteroatoms. The van der Waals surface area contributed by atoms with Crippen molar-refractivity contribution < 1.29 is 23.8 Å². The molecule has 1 N–H and O–H groups in total. The van der Waals surface area contributed by atoms with E-state index >= 15 is 0 Å². The maximum absolute atomic E-state index is 14.3. The van der Waals surface area contributed by atoms with Gasteiger partial charge in [-0.3, -0.25) is 4.79 Å². The van der Waals surface area contributed by atoms with Crippen molar-refractivity contribution in [2.45, 2.75) is 52.2 Å². The zero-order valence-corrected chi connectivity index (χ0v) is 28.9. The van der Waals surface area contributed by atoms with Crippen LogP contribution in [0, 0.1) is 0 Å². The van der Waals surface area contributed by atoms with Crippen LogP contribution in [-0.4, -0.2) is 90.4 Å². The van der Waals surface area contributed by atoms with E-state index in [2.05, 4.69) is 14.9 Å². The van der Waals surface area contributed by atoms with E-state index in [0.717, 1.165) is 33.4 Å². The molecule has 47 heavy (non-hydrogen) atoms. The zero-order valence-electron chi connectivity index (χ0n) is 28.2. The third-order valence-electron chi connectivity index (χ3n) is 8.36. The number of carbonyl (C=O) groups excluding carboxylic acids is 2. The number of ether oxygens (including phenoxy) is 3. The molecule has 1 saturated heterocycles. The van der Waals surface area contributed by atoms with Crippen molar-refractivity contribution in [1.29, 1.82) is 0 Å². The van der Waals surface area contributed by atoms with Crippen LogP contribution in [0.3, 0.4) is 0 Å². The van der Waals surface area contributed by atoms with Crippen molar-refractivity contribution in [3.8, 4) is 22.6 Å². The first-order valence-electron chi connectivity index (χ1n) is 15.9. The third-order valence-corrected chi connectivity index (χ3v) is 8.61. The number of amides is 2. The molecule has 3 heterocycles. The Morgan fingerprint density at radius 1 is 0.979 bits per heavy atom. The average molecular weight is 662 g/mol. The first-order chi connectivity index (χ1) is 22.4. The van der Waals surface area contributed by atoms with Crippen LogP contribution in [0.1, 0.15) is 46.1 Å². The molecule has 0 aliphatic carbocycles. The summed E-state index contributed by atoms with van der Waals surface area (Å²) in [5, 5.41) is 1.58. The maximum atomic E-state index is 14.3. The molecule has 0 unspecified atom stereocenters. The molecule has 1 atom stereocenters. The van der Waals surface area contributed by atoms with Crippen molar-refractivity contribution in [3.05, 3.63) is 71.5 Å². The molecule has 0 saturated carbocycles. The number of halogens is 1. The SMILES string of the molecule is COc1ccc(-c2cnc3[nH]ccc3c2N2CCN(C(=O)[C@H](CN(C(=O)OC(C)(C)C)C(C)C)c3ccc(Cl)cc3)CC2)cc1OC. The predicted octanol–water partition coefficient (Wildman–Crippen LogP) is 6.98. The van der Waals surface area contributed by atoms with Crippen molar-refractivity contribution in [2.24, 2.45) is 0 Å². The molecule has 2 aromatic carbocycles. The highest BCUT2D eigenvalue weighted by Gasteiger charge is 2.34. The second-order valence-electron chi connectivity index (χ2n) is 13.0. The van der Waals surface area contributed by atoms with Gasteiger partial charge < -0.3 is 33.9 Å². The molecule has 2 aromatic heterocycles. The molecule has 0 spiro atoms. The van der Waals surface area contributed by atoms with Gasteiger partial charge in [-0.25, -0.2) is 9.78 Å². The molecule has 0 radical (unpaired) electrons.